The maximum absolute atomic E-state index is 13.3. The van der Waals surface area contributed by atoms with E-state index in [1.165, 1.54) is 4.90 Å². The Labute approximate surface area is 229 Å². The van der Waals surface area contributed by atoms with Gasteiger partial charge in [-0.25, -0.2) is 14.2 Å². The summed E-state index contributed by atoms with van der Waals surface area (Å²) in [6.07, 6.45) is -0.736. The van der Waals surface area contributed by atoms with Crippen molar-refractivity contribution in [3.8, 4) is 17.3 Å². The number of hydrogen-bond donors (Lipinski definition) is 3. The highest BCUT2D eigenvalue weighted by atomic mass is 19.1. The van der Waals surface area contributed by atoms with Gasteiger partial charge in [0.2, 0.25) is 0 Å². The number of aromatic amines is 1. The molecule has 10 heteroatoms. The topological polar surface area (TPSA) is 112 Å². The van der Waals surface area contributed by atoms with Gasteiger partial charge in [-0.2, -0.15) is 0 Å². The van der Waals surface area contributed by atoms with Crippen LogP contribution in [0.3, 0.4) is 0 Å². The van der Waals surface area contributed by atoms with Crippen LogP contribution < -0.4 is 10.1 Å². The Morgan fingerprint density at radius 2 is 2.00 bits per heavy atom. The zero-order valence-corrected chi connectivity index (χ0v) is 21.9. The summed E-state index contributed by atoms with van der Waals surface area (Å²) < 4.78 is 21.5. The van der Waals surface area contributed by atoms with Gasteiger partial charge < -0.3 is 29.6 Å². The minimum atomic E-state index is -1.32. The van der Waals surface area contributed by atoms with Gasteiger partial charge in [-0.1, -0.05) is 42.5 Å². The number of rotatable bonds is 8. The normalized spacial score (nSPS) is 13.9. The molecule has 3 N–H and O–H groups in total. The number of imidazole rings is 1. The SMILES string of the molecule is Cn1c(-c2cc3cccc(OCc4ccccc4)c3[nH]2)nc2cc3c(cc21)CCN(C[C@@H](CF)NC(=O)O)C3=O. The molecular weight excluding hydrogens is 513 g/mol. The smallest absolute Gasteiger partial charge is 0.405 e. The molecule has 2 aromatic heterocycles. The Kier molecular flexibility index (Phi) is 6.59. The van der Waals surface area contributed by atoms with Crippen LogP contribution in [0.1, 0.15) is 21.5 Å². The van der Waals surface area contributed by atoms with Crippen molar-refractivity contribution < 1.29 is 23.8 Å². The predicted octanol–water partition coefficient (Wildman–Crippen LogP) is 4.90. The number of amides is 2. The molecule has 0 bridgehead atoms. The van der Waals surface area contributed by atoms with E-state index < -0.39 is 18.8 Å². The summed E-state index contributed by atoms with van der Waals surface area (Å²) in [4.78, 5) is 34.0. The molecule has 0 saturated carbocycles. The van der Waals surface area contributed by atoms with Gasteiger partial charge in [0.1, 0.15) is 19.0 Å². The number of nitrogens with one attached hydrogen (secondary N) is 2. The summed E-state index contributed by atoms with van der Waals surface area (Å²) in [5.74, 6) is 1.21. The van der Waals surface area contributed by atoms with Crippen LogP contribution in [0.15, 0.2) is 66.7 Å². The lowest BCUT2D eigenvalue weighted by Crippen LogP contribution is -2.48. The van der Waals surface area contributed by atoms with Gasteiger partial charge in [0.15, 0.2) is 5.82 Å². The summed E-state index contributed by atoms with van der Waals surface area (Å²) in [5.41, 5.74) is 5.73. The van der Waals surface area contributed by atoms with Crippen molar-refractivity contribution >= 4 is 33.9 Å². The maximum atomic E-state index is 13.3. The van der Waals surface area contributed by atoms with E-state index in [0.29, 0.717) is 30.7 Å². The largest absolute Gasteiger partial charge is 0.487 e. The second-order valence-corrected chi connectivity index (χ2v) is 9.97. The molecule has 9 nitrogen and oxygen atoms in total. The molecule has 6 rings (SSSR count). The van der Waals surface area contributed by atoms with Crippen molar-refractivity contribution in [3.63, 3.8) is 0 Å². The van der Waals surface area contributed by atoms with Crippen LogP contribution in [0.2, 0.25) is 0 Å². The molecule has 1 aliphatic rings. The molecule has 3 aromatic carbocycles. The van der Waals surface area contributed by atoms with Gasteiger partial charge in [-0.05, 0) is 41.8 Å². The number of carbonyl (C=O) groups excluding carboxylic acids is 1. The first kappa shape index (κ1) is 25.4. The lowest BCUT2D eigenvalue weighted by Gasteiger charge is -2.31. The van der Waals surface area contributed by atoms with E-state index in [1.807, 2.05) is 72.3 Å². The fourth-order valence-electron chi connectivity index (χ4n) is 5.31. The van der Waals surface area contributed by atoms with Gasteiger partial charge in [-0.15, -0.1) is 0 Å². The number of para-hydroxylation sites is 1. The number of benzene rings is 3. The molecule has 1 aliphatic heterocycles. The number of halogens is 1. The van der Waals surface area contributed by atoms with Crippen LogP contribution >= 0.6 is 0 Å². The first-order valence-corrected chi connectivity index (χ1v) is 13.0. The molecule has 0 radical (unpaired) electrons. The number of carboxylic acid groups (broad SMARTS) is 1. The van der Waals surface area contributed by atoms with Gasteiger partial charge in [0.25, 0.3) is 5.91 Å². The molecule has 0 unspecified atom stereocenters. The van der Waals surface area contributed by atoms with E-state index in [1.54, 1.807) is 6.07 Å². The Balaban J connectivity index is 1.30. The average molecular weight is 542 g/mol. The Hall–Kier alpha value is -4.86. The summed E-state index contributed by atoms with van der Waals surface area (Å²) in [5, 5.41) is 12.1. The fourth-order valence-corrected chi connectivity index (χ4v) is 5.31. The molecule has 40 heavy (non-hydrogen) atoms. The molecule has 0 fully saturated rings. The van der Waals surface area contributed by atoms with E-state index in [0.717, 1.165) is 44.8 Å². The first-order chi connectivity index (χ1) is 19.4. The fraction of sp³-hybridized carbons (Fsp3) is 0.233. The number of aryl methyl sites for hydroxylation is 1. The Morgan fingerprint density at radius 1 is 1.18 bits per heavy atom. The molecule has 5 aromatic rings. The number of ether oxygens (including phenoxy) is 1. The molecular formula is C30H28FN5O4. The standard InChI is InChI=1S/C30H28FN5O4/c1-35-25-13-19-10-11-36(16-21(15-31)32-30(38)39)29(37)22(19)14-23(25)34-28(35)24-12-20-8-5-9-26(27(20)33-24)40-17-18-6-3-2-4-7-18/h2-9,12-14,21,32-33H,10-11,15-17H2,1H3,(H,38,39)/t21-/m1/s1. The van der Waals surface area contributed by atoms with Crippen LogP contribution in [-0.2, 0) is 20.1 Å². The summed E-state index contributed by atoms with van der Waals surface area (Å²) in [6, 6.07) is 20.7. The van der Waals surface area contributed by atoms with Gasteiger partial charge >= 0.3 is 6.09 Å². The zero-order chi connectivity index (χ0) is 27.8. The second-order valence-electron chi connectivity index (χ2n) is 9.97. The van der Waals surface area contributed by atoms with Crippen molar-refractivity contribution in [3.05, 3.63) is 83.4 Å². The number of carbonyl (C=O) groups is 2. The molecule has 0 spiro atoms. The van der Waals surface area contributed by atoms with Crippen molar-refractivity contribution in [1.82, 2.24) is 24.8 Å². The van der Waals surface area contributed by atoms with Crippen molar-refractivity contribution in [2.75, 3.05) is 19.8 Å². The summed E-state index contributed by atoms with van der Waals surface area (Å²) in [7, 11) is 1.94. The minimum Gasteiger partial charge on any atom is -0.487 e. The molecule has 1 atom stereocenters. The van der Waals surface area contributed by atoms with Crippen LogP contribution in [0.5, 0.6) is 5.75 Å². The third-order valence-electron chi connectivity index (χ3n) is 7.33. The van der Waals surface area contributed by atoms with Gasteiger partial charge in [-0.3, -0.25) is 4.79 Å². The van der Waals surface area contributed by atoms with Crippen LogP contribution in [0, 0.1) is 0 Å². The van der Waals surface area contributed by atoms with Crippen LogP contribution in [0.4, 0.5) is 9.18 Å². The van der Waals surface area contributed by atoms with Gasteiger partial charge in [0.05, 0.1) is 28.3 Å². The Morgan fingerprint density at radius 3 is 2.77 bits per heavy atom. The zero-order valence-electron chi connectivity index (χ0n) is 21.9. The number of aromatic nitrogens is 3. The van der Waals surface area contributed by atoms with E-state index in [-0.39, 0.29) is 12.5 Å². The highest BCUT2D eigenvalue weighted by molar-refractivity contribution is 6.00. The lowest BCUT2D eigenvalue weighted by molar-refractivity contribution is 0.0714. The van der Waals surface area contributed by atoms with E-state index in [9.17, 15) is 14.0 Å². The minimum absolute atomic E-state index is 0.0314. The van der Waals surface area contributed by atoms with Crippen molar-refractivity contribution in [2.45, 2.75) is 19.1 Å². The first-order valence-electron chi connectivity index (χ1n) is 13.0. The summed E-state index contributed by atoms with van der Waals surface area (Å²) >= 11 is 0. The van der Waals surface area contributed by atoms with Crippen LogP contribution in [-0.4, -0.2) is 62.3 Å². The monoisotopic (exact) mass is 541 g/mol. The van der Waals surface area contributed by atoms with Crippen molar-refractivity contribution in [2.24, 2.45) is 7.05 Å². The quantitative estimate of drug-likeness (QED) is 0.259. The number of alkyl halides is 1. The highest BCUT2D eigenvalue weighted by Crippen LogP contribution is 2.33. The second kappa shape index (κ2) is 10.4. The van der Waals surface area contributed by atoms with E-state index in [2.05, 4.69) is 10.3 Å². The molecule has 3 heterocycles. The number of fused-ring (bicyclic) bond motifs is 3. The highest BCUT2D eigenvalue weighted by Gasteiger charge is 2.28. The lowest BCUT2D eigenvalue weighted by atomic mass is 9.97. The number of hydrogen-bond acceptors (Lipinski definition) is 4. The molecule has 2 amide bonds. The Bertz CT molecular complexity index is 1730. The number of nitrogens with zero attached hydrogens (tertiary/aromatic N) is 3. The van der Waals surface area contributed by atoms with E-state index in [4.69, 9.17) is 14.8 Å². The molecule has 204 valence electrons. The van der Waals surface area contributed by atoms with Crippen LogP contribution in [0.25, 0.3) is 33.5 Å². The third-order valence-corrected chi connectivity index (χ3v) is 7.33. The van der Waals surface area contributed by atoms with Gasteiger partial charge in [0, 0.05) is 31.1 Å². The maximum Gasteiger partial charge on any atom is 0.405 e. The molecule has 0 aliphatic carbocycles. The third kappa shape index (κ3) is 4.72. The van der Waals surface area contributed by atoms with Crippen molar-refractivity contribution in [1.29, 1.82) is 0 Å². The van der Waals surface area contributed by atoms with E-state index >= 15 is 0 Å². The predicted molar refractivity (Wildman–Crippen MR) is 149 cm³/mol. The molecule has 0 saturated heterocycles. The number of H-pyrrole nitrogens is 1. The average Bonchev–Trinajstić information content (AvgIpc) is 3.53. The summed E-state index contributed by atoms with van der Waals surface area (Å²) in [6.45, 7) is -0.0886.